The predicted molar refractivity (Wildman–Crippen MR) is 116 cm³/mol. The summed E-state index contributed by atoms with van der Waals surface area (Å²) in [5, 5.41) is 2.83. The minimum absolute atomic E-state index is 0.0569. The molecule has 30 heavy (non-hydrogen) atoms. The lowest BCUT2D eigenvalue weighted by atomic mass is 10.2. The summed E-state index contributed by atoms with van der Waals surface area (Å²) >= 11 is 0. The second kappa shape index (κ2) is 8.53. The molecule has 0 radical (unpaired) electrons. The lowest BCUT2D eigenvalue weighted by molar-refractivity contribution is -0.122. The van der Waals surface area contributed by atoms with Crippen LogP contribution in [-0.4, -0.2) is 59.0 Å². The Hall–Kier alpha value is -2.78. The number of amides is 1. The van der Waals surface area contributed by atoms with Crippen LogP contribution in [0.3, 0.4) is 0 Å². The third-order valence-electron chi connectivity index (χ3n) is 5.24. The fraction of sp³-hybridized carbons (Fsp3) is 0.381. The van der Waals surface area contributed by atoms with Gasteiger partial charge in [0.2, 0.25) is 10.0 Å². The van der Waals surface area contributed by atoms with Crippen LogP contribution in [0, 0.1) is 0 Å². The highest BCUT2D eigenvalue weighted by Gasteiger charge is 2.35. The first-order valence-corrected chi connectivity index (χ1v) is 11.6. The van der Waals surface area contributed by atoms with Crippen molar-refractivity contribution in [3.05, 3.63) is 48.5 Å². The van der Waals surface area contributed by atoms with Gasteiger partial charge in [0.1, 0.15) is 5.75 Å². The molecule has 0 bridgehead atoms. The summed E-state index contributed by atoms with van der Waals surface area (Å²) in [5.41, 5.74) is 2.15. The maximum absolute atomic E-state index is 12.8. The highest BCUT2D eigenvalue weighted by Crippen LogP contribution is 2.35. The predicted octanol–water partition coefficient (Wildman–Crippen LogP) is 2.08. The van der Waals surface area contributed by atoms with E-state index in [1.807, 2.05) is 24.3 Å². The molecule has 8 nitrogen and oxygen atoms in total. The Labute approximate surface area is 176 Å². The Morgan fingerprint density at radius 1 is 1.10 bits per heavy atom. The van der Waals surface area contributed by atoms with Gasteiger partial charge in [-0.3, -0.25) is 9.10 Å². The maximum Gasteiger partial charge on any atom is 0.267 e. The molecule has 1 saturated heterocycles. The number of fused-ring (bicyclic) bond motifs is 1. The molecule has 1 fully saturated rings. The van der Waals surface area contributed by atoms with E-state index in [0.29, 0.717) is 30.3 Å². The number of para-hydroxylation sites is 2. The topological polar surface area (TPSA) is 88.2 Å². The van der Waals surface area contributed by atoms with Crippen LogP contribution in [0.4, 0.5) is 17.1 Å². The number of ether oxygens (including phenoxy) is 2. The third kappa shape index (κ3) is 4.22. The molecule has 0 aromatic heterocycles. The van der Waals surface area contributed by atoms with Crippen molar-refractivity contribution in [3.8, 4) is 5.75 Å². The number of carbonyl (C=O) groups is 1. The summed E-state index contributed by atoms with van der Waals surface area (Å²) in [4.78, 5) is 15.1. The van der Waals surface area contributed by atoms with Crippen LogP contribution in [0.15, 0.2) is 48.5 Å². The molecule has 2 aromatic rings. The Morgan fingerprint density at radius 3 is 2.50 bits per heavy atom. The molecule has 2 aromatic carbocycles. The summed E-state index contributed by atoms with van der Waals surface area (Å²) in [7, 11) is -3.53. The average Bonchev–Trinajstić information content (AvgIpc) is 2.79. The van der Waals surface area contributed by atoms with E-state index in [1.165, 1.54) is 4.31 Å². The largest absolute Gasteiger partial charge is 0.476 e. The Kier molecular flexibility index (Phi) is 5.83. The number of benzene rings is 2. The van der Waals surface area contributed by atoms with E-state index in [1.54, 1.807) is 31.2 Å². The smallest absolute Gasteiger partial charge is 0.267 e. The van der Waals surface area contributed by atoms with Crippen LogP contribution >= 0.6 is 0 Å². The molecule has 160 valence electrons. The van der Waals surface area contributed by atoms with Crippen molar-refractivity contribution in [1.29, 1.82) is 0 Å². The first-order chi connectivity index (χ1) is 14.5. The number of carbonyl (C=O) groups excluding carboxylic acids is 1. The van der Waals surface area contributed by atoms with E-state index in [2.05, 4.69) is 10.2 Å². The Morgan fingerprint density at radius 2 is 1.80 bits per heavy atom. The van der Waals surface area contributed by atoms with Crippen LogP contribution in [0.1, 0.15) is 6.92 Å². The highest BCUT2D eigenvalue weighted by molar-refractivity contribution is 7.92. The van der Waals surface area contributed by atoms with Gasteiger partial charge < -0.3 is 19.7 Å². The first kappa shape index (κ1) is 20.5. The summed E-state index contributed by atoms with van der Waals surface area (Å²) in [6.45, 7) is 4.60. The number of hydrogen-bond acceptors (Lipinski definition) is 6. The van der Waals surface area contributed by atoms with E-state index in [4.69, 9.17) is 9.47 Å². The number of sulfonamides is 1. The van der Waals surface area contributed by atoms with Gasteiger partial charge in [-0.15, -0.1) is 0 Å². The lowest BCUT2D eigenvalue weighted by Crippen LogP contribution is -2.49. The SMILES string of the molecule is CCS(=O)(=O)N1CC(C(=O)Nc2ccc(N3CCOCC3)cc2)Oc2ccccc21. The molecule has 1 N–H and O–H groups in total. The van der Waals surface area contributed by atoms with Gasteiger partial charge >= 0.3 is 0 Å². The first-order valence-electron chi connectivity index (χ1n) is 9.97. The quantitative estimate of drug-likeness (QED) is 0.780. The van der Waals surface area contributed by atoms with Gasteiger partial charge in [-0.05, 0) is 43.3 Å². The average molecular weight is 432 g/mol. The molecule has 2 aliphatic rings. The number of rotatable bonds is 5. The van der Waals surface area contributed by atoms with Gasteiger partial charge in [0.15, 0.2) is 6.10 Å². The zero-order valence-electron chi connectivity index (χ0n) is 16.8. The van der Waals surface area contributed by atoms with Crippen molar-refractivity contribution in [2.75, 3.05) is 53.1 Å². The van der Waals surface area contributed by atoms with Crippen molar-refractivity contribution in [3.63, 3.8) is 0 Å². The normalized spacial score (nSPS) is 19.0. The molecule has 4 rings (SSSR count). The Balaban J connectivity index is 1.48. The number of hydrogen-bond donors (Lipinski definition) is 1. The fourth-order valence-corrected chi connectivity index (χ4v) is 4.68. The summed E-state index contributed by atoms with van der Waals surface area (Å²) in [6, 6.07) is 14.4. The molecule has 0 saturated carbocycles. The number of morpholine rings is 1. The number of nitrogens with one attached hydrogen (secondary N) is 1. The minimum Gasteiger partial charge on any atom is -0.476 e. The molecule has 0 spiro atoms. The summed E-state index contributed by atoms with van der Waals surface area (Å²) in [6.07, 6.45) is -0.944. The molecule has 1 atom stereocenters. The van der Waals surface area contributed by atoms with Crippen LogP contribution in [0.5, 0.6) is 5.75 Å². The third-order valence-corrected chi connectivity index (χ3v) is 6.99. The lowest BCUT2D eigenvalue weighted by Gasteiger charge is -2.34. The van der Waals surface area contributed by atoms with Crippen molar-refractivity contribution in [2.24, 2.45) is 0 Å². The van der Waals surface area contributed by atoms with Gasteiger partial charge in [-0.25, -0.2) is 8.42 Å². The standard InChI is InChI=1S/C21H25N3O5S/c1-2-30(26,27)24-15-20(29-19-6-4-3-5-18(19)24)21(25)22-16-7-9-17(10-8-16)23-11-13-28-14-12-23/h3-10,20H,2,11-15H2,1H3,(H,22,25). The van der Waals surface area contributed by atoms with E-state index >= 15 is 0 Å². The van der Waals surface area contributed by atoms with Crippen molar-refractivity contribution in [1.82, 2.24) is 0 Å². The van der Waals surface area contributed by atoms with Crippen molar-refractivity contribution >= 4 is 33.0 Å². The monoisotopic (exact) mass is 431 g/mol. The molecular formula is C21H25N3O5S. The maximum atomic E-state index is 12.8. The molecule has 2 heterocycles. The van der Waals surface area contributed by atoms with E-state index < -0.39 is 16.1 Å². The van der Waals surface area contributed by atoms with Crippen LogP contribution in [-0.2, 0) is 19.6 Å². The van der Waals surface area contributed by atoms with Gasteiger partial charge in [0.25, 0.3) is 5.91 Å². The second-order valence-corrected chi connectivity index (χ2v) is 9.32. The van der Waals surface area contributed by atoms with Gasteiger partial charge in [0.05, 0.1) is 31.2 Å². The molecule has 1 unspecified atom stereocenters. The van der Waals surface area contributed by atoms with Gasteiger partial charge in [0, 0.05) is 24.5 Å². The van der Waals surface area contributed by atoms with E-state index in [0.717, 1.165) is 18.8 Å². The van der Waals surface area contributed by atoms with Gasteiger partial charge in [-0.1, -0.05) is 12.1 Å². The fourth-order valence-electron chi connectivity index (χ4n) is 3.56. The Bertz CT molecular complexity index is 1000. The molecule has 9 heteroatoms. The molecule has 1 amide bonds. The highest BCUT2D eigenvalue weighted by atomic mass is 32.2. The van der Waals surface area contributed by atoms with E-state index in [-0.39, 0.29) is 18.2 Å². The second-order valence-electron chi connectivity index (χ2n) is 7.14. The van der Waals surface area contributed by atoms with Crippen LogP contribution < -0.4 is 19.3 Å². The number of anilines is 3. The molecule has 0 aliphatic carbocycles. The minimum atomic E-state index is -3.53. The molecular weight excluding hydrogens is 406 g/mol. The van der Waals surface area contributed by atoms with Crippen LogP contribution in [0.2, 0.25) is 0 Å². The number of nitrogens with zero attached hydrogens (tertiary/aromatic N) is 2. The van der Waals surface area contributed by atoms with Crippen molar-refractivity contribution in [2.45, 2.75) is 13.0 Å². The van der Waals surface area contributed by atoms with Crippen LogP contribution in [0.25, 0.3) is 0 Å². The summed E-state index contributed by atoms with van der Waals surface area (Å²) in [5.74, 6) is -0.0675. The molecule has 2 aliphatic heterocycles. The zero-order chi connectivity index (χ0) is 21.1. The summed E-state index contributed by atoms with van der Waals surface area (Å²) < 4.78 is 37.6. The zero-order valence-corrected chi connectivity index (χ0v) is 17.6. The van der Waals surface area contributed by atoms with Crippen molar-refractivity contribution < 1.29 is 22.7 Å². The van der Waals surface area contributed by atoms with Gasteiger partial charge in [-0.2, -0.15) is 0 Å². The van der Waals surface area contributed by atoms with E-state index in [9.17, 15) is 13.2 Å².